The summed E-state index contributed by atoms with van der Waals surface area (Å²) in [5.41, 5.74) is 4.57. The van der Waals surface area contributed by atoms with Crippen molar-refractivity contribution in [3.8, 4) is 0 Å². The minimum atomic E-state index is 0.131. The lowest BCUT2D eigenvalue weighted by atomic mass is 9.76. The Morgan fingerprint density at radius 1 is 1.17 bits per heavy atom. The Balaban J connectivity index is 1.73. The first-order valence-electron chi connectivity index (χ1n) is 8.39. The molecule has 4 rings (SSSR count). The predicted molar refractivity (Wildman–Crippen MR) is 101 cm³/mol. The predicted octanol–water partition coefficient (Wildman–Crippen LogP) is 5.44. The van der Waals surface area contributed by atoms with Crippen molar-refractivity contribution in [2.75, 3.05) is 11.6 Å². The van der Waals surface area contributed by atoms with E-state index in [2.05, 4.69) is 60.1 Å². The molecule has 2 aromatic rings. The Bertz CT molecular complexity index is 809. The van der Waals surface area contributed by atoms with E-state index in [1.165, 1.54) is 16.0 Å². The zero-order valence-corrected chi connectivity index (χ0v) is 14.8. The van der Waals surface area contributed by atoms with Crippen LogP contribution in [0.3, 0.4) is 0 Å². The third-order valence-corrected chi connectivity index (χ3v) is 5.99. The minimum absolute atomic E-state index is 0.131. The Morgan fingerprint density at radius 3 is 2.67 bits per heavy atom. The van der Waals surface area contributed by atoms with E-state index < -0.39 is 0 Å². The highest BCUT2D eigenvalue weighted by molar-refractivity contribution is 7.98. The molecule has 1 aliphatic carbocycles. The summed E-state index contributed by atoms with van der Waals surface area (Å²) in [4.78, 5) is 13.0. The molecular formula is C21H21NOS. The van der Waals surface area contributed by atoms with Crippen LogP contribution in [0, 0.1) is 5.92 Å². The molecule has 2 aromatic carbocycles. The van der Waals surface area contributed by atoms with E-state index in [9.17, 15) is 4.79 Å². The molecule has 0 radical (unpaired) electrons. The smallest absolute Gasteiger partial charge is 0.159 e. The van der Waals surface area contributed by atoms with Crippen molar-refractivity contribution in [2.45, 2.75) is 30.2 Å². The van der Waals surface area contributed by atoms with E-state index in [1.54, 1.807) is 18.7 Å². The summed E-state index contributed by atoms with van der Waals surface area (Å²) in [6.45, 7) is 1.63. The SMILES string of the molecule is CSc1ccc([C@@H]2Nc3ccc(C(C)=O)cc3[C@@H]3C=CC[C@@H]32)cc1. The van der Waals surface area contributed by atoms with Crippen molar-refractivity contribution in [1.82, 2.24) is 0 Å². The largest absolute Gasteiger partial charge is 0.378 e. The van der Waals surface area contributed by atoms with Gasteiger partial charge in [-0.05, 0) is 67.0 Å². The highest BCUT2D eigenvalue weighted by Crippen LogP contribution is 2.50. The average Bonchev–Trinajstić information content (AvgIpc) is 3.10. The zero-order chi connectivity index (χ0) is 16.7. The first kappa shape index (κ1) is 15.5. The maximum atomic E-state index is 11.7. The first-order valence-corrected chi connectivity index (χ1v) is 9.62. The average molecular weight is 335 g/mol. The molecule has 122 valence electrons. The Kier molecular flexibility index (Phi) is 3.97. The first-order chi connectivity index (χ1) is 11.7. The molecule has 1 heterocycles. The number of hydrogen-bond donors (Lipinski definition) is 1. The topological polar surface area (TPSA) is 29.1 Å². The van der Waals surface area contributed by atoms with Crippen molar-refractivity contribution >= 4 is 23.2 Å². The van der Waals surface area contributed by atoms with Crippen LogP contribution in [0.2, 0.25) is 0 Å². The molecule has 0 saturated heterocycles. The lowest BCUT2D eigenvalue weighted by Gasteiger charge is -2.37. The number of allylic oxidation sites excluding steroid dienone is 2. The van der Waals surface area contributed by atoms with E-state index in [0.29, 0.717) is 17.9 Å². The maximum absolute atomic E-state index is 11.7. The molecule has 0 saturated carbocycles. The summed E-state index contributed by atoms with van der Waals surface area (Å²) >= 11 is 1.77. The van der Waals surface area contributed by atoms with Gasteiger partial charge in [0.25, 0.3) is 0 Å². The van der Waals surface area contributed by atoms with Crippen LogP contribution in [-0.2, 0) is 0 Å². The summed E-state index contributed by atoms with van der Waals surface area (Å²) < 4.78 is 0. The Morgan fingerprint density at radius 2 is 1.96 bits per heavy atom. The summed E-state index contributed by atoms with van der Waals surface area (Å²) in [6.07, 6.45) is 7.79. The number of carbonyl (C=O) groups is 1. The highest BCUT2D eigenvalue weighted by Gasteiger charge is 2.37. The number of rotatable bonds is 3. The molecular weight excluding hydrogens is 314 g/mol. The molecule has 0 spiro atoms. The highest BCUT2D eigenvalue weighted by atomic mass is 32.2. The van der Waals surface area contributed by atoms with Crippen LogP contribution in [0.15, 0.2) is 59.5 Å². The number of fused-ring (bicyclic) bond motifs is 3. The van der Waals surface area contributed by atoms with Crippen LogP contribution in [0.4, 0.5) is 5.69 Å². The van der Waals surface area contributed by atoms with E-state index >= 15 is 0 Å². The standard InChI is InChI=1S/C21H21NOS/c1-13(23)15-8-11-20-19(12-15)17-4-3-5-18(17)21(22-20)14-6-9-16(24-2)10-7-14/h3-4,6-12,17-18,21-22H,5H2,1-2H3/t17-,18+,21+/m1/s1. The van der Waals surface area contributed by atoms with Gasteiger partial charge in [-0.1, -0.05) is 24.3 Å². The second kappa shape index (κ2) is 6.14. The lowest BCUT2D eigenvalue weighted by molar-refractivity contribution is 0.101. The number of hydrogen-bond acceptors (Lipinski definition) is 3. The minimum Gasteiger partial charge on any atom is -0.378 e. The van der Waals surface area contributed by atoms with Gasteiger partial charge in [-0.25, -0.2) is 0 Å². The number of Topliss-reactive ketones (excluding diaryl/α,β-unsaturated/α-hetero) is 1. The van der Waals surface area contributed by atoms with Gasteiger partial charge in [-0.3, -0.25) is 4.79 Å². The fourth-order valence-corrected chi connectivity index (χ4v) is 4.36. The quantitative estimate of drug-likeness (QED) is 0.460. The number of benzene rings is 2. The molecule has 0 aromatic heterocycles. The van der Waals surface area contributed by atoms with Crippen LogP contribution < -0.4 is 5.32 Å². The van der Waals surface area contributed by atoms with Crippen LogP contribution in [0.25, 0.3) is 0 Å². The number of anilines is 1. The van der Waals surface area contributed by atoms with E-state index in [-0.39, 0.29) is 5.78 Å². The fourth-order valence-electron chi connectivity index (χ4n) is 3.95. The van der Waals surface area contributed by atoms with Gasteiger partial charge in [0.15, 0.2) is 5.78 Å². The molecule has 1 aliphatic heterocycles. The van der Waals surface area contributed by atoms with Gasteiger partial charge in [0.2, 0.25) is 0 Å². The zero-order valence-electron chi connectivity index (χ0n) is 14.0. The van der Waals surface area contributed by atoms with Crippen molar-refractivity contribution in [3.05, 3.63) is 71.3 Å². The van der Waals surface area contributed by atoms with Crippen molar-refractivity contribution in [1.29, 1.82) is 0 Å². The molecule has 3 heteroatoms. The molecule has 2 aliphatic rings. The lowest BCUT2D eigenvalue weighted by Crippen LogP contribution is -2.29. The third-order valence-electron chi connectivity index (χ3n) is 5.24. The van der Waals surface area contributed by atoms with Crippen LogP contribution in [-0.4, -0.2) is 12.0 Å². The molecule has 0 bridgehead atoms. The van der Waals surface area contributed by atoms with Crippen molar-refractivity contribution < 1.29 is 4.79 Å². The summed E-state index contributed by atoms with van der Waals surface area (Å²) in [7, 11) is 0. The van der Waals surface area contributed by atoms with E-state index in [4.69, 9.17) is 0 Å². The van der Waals surface area contributed by atoms with Gasteiger partial charge in [-0.15, -0.1) is 11.8 Å². The second-order valence-corrected chi connectivity index (χ2v) is 7.49. The van der Waals surface area contributed by atoms with Crippen molar-refractivity contribution in [2.24, 2.45) is 5.92 Å². The molecule has 1 N–H and O–H groups in total. The number of ketones is 1. The summed E-state index contributed by atoms with van der Waals surface area (Å²) in [5.74, 6) is 1.04. The third kappa shape index (κ3) is 2.57. The molecule has 2 nitrogen and oxygen atoms in total. The van der Waals surface area contributed by atoms with Crippen LogP contribution in [0.5, 0.6) is 0 Å². The van der Waals surface area contributed by atoms with Gasteiger partial charge in [0.05, 0.1) is 6.04 Å². The van der Waals surface area contributed by atoms with Crippen LogP contribution >= 0.6 is 11.8 Å². The maximum Gasteiger partial charge on any atom is 0.159 e. The number of thioether (sulfide) groups is 1. The van der Waals surface area contributed by atoms with Gasteiger partial charge in [0.1, 0.15) is 0 Å². The molecule has 0 fully saturated rings. The normalized spacial score (nSPS) is 24.2. The number of carbonyl (C=O) groups excluding carboxylic acids is 1. The van der Waals surface area contributed by atoms with Gasteiger partial charge >= 0.3 is 0 Å². The summed E-state index contributed by atoms with van der Waals surface area (Å²) in [5, 5.41) is 3.73. The Hall–Kier alpha value is -2.00. The summed E-state index contributed by atoms with van der Waals surface area (Å²) in [6, 6.07) is 15.3. The van der Waals surface area contributed by atoms with Gasteiger partial charge < -0.3 is 5.32 Å². The molecule has 3 atom stereocenters. The molecule has 0 unspecified atom stereocenters. The van der Waals surface area contributed by atoms with Gasteiger partial charge in [0, 0.05) is 22.1 Å². The number of nitrogens with one attached hydrogen (secondary N) is 1. The monoisotopic (exact) mass is 335 g/mol. The van der Waals surface area contributed by atoms with Crippen LogP contribution in [0.1, 0.15) is 46.8 Å². The van der Waals surface area contributed by atoms with E-state index in [0.717, 1.165) is 17.7 Å². The van der Waals surface area contributed by atoms with E-state index in [1.807, 2.05) is 6.07 Å². The second-order valence-electron chi connectivity index (χ2n) is 6.61. The van der Waals surface area contributed by atoms with Gasteiger partial charge in [-0.2, -0.15) is 0 Å². The van der Waals surface area contributed by atoms with Crippen molar-refractivity contribution in [3.63, 3.8) is 0 Å². The molecule has 0 amide bonds. The molecule has 24 heavy (non-hydrogen) atoms. The fraction of sp³-hybridized carbons (Fsp3) is 0.286. The Labute approximate surface area is 147 Å².